The molecule has 18 heavy (non-hydrogen) atoms. The van der Waals surface area contributed by atoms with E-state index < -0.39 is 0 Å². The number of carbonyl (C=O) groups is 1. The van der Waals surface area contributed by atoms with E-state index in [1.54, 1.807) is 6.20 Å². The number of hydrogen-bond donors (Lipinski definition) is 2. The average molecular weight is 243 g/mol. The minimum Gasteiger partial charge on any atom is -0.303 e. The highest BCUT2D eigenvalue weighted by molar-refractivity contribution is 5.58. The molecule has 0 aliphatic heterocycles. The van der Waals surface area contributed by atoms with E-state index in [2.05, 4.69) is 26.0 Å². The maximum absolute atomic E-state index is 10.1. The Labute approximate surface area is 104 Å². The monoisotopic (exact) mass is 243 g/mol. The number of rotatable bonds is 6. The zero-order valence-electron chi connectivity index (χ0n) is 9.71. The molecule has 92 valence electrons. The minimum atomic E-state index is 0.377. The Morgan fingerprint density at radius 1 is 1.22 bits per heavy atom. The number of carbonyl (C=O) groups excluding carboxylic acids is 1. The third-order valence-electron chi connectivity index (χ3n) is 2.22. The molecule has 0 bridgehead atoms. The second-order valence-electron chi connectivity index (χ2n) is 3.54. The van der Waals surface area contributed by atoms with Crippen LogP contribution in [-0.4, -0.2) is 28.0 Å². The number of hydrogen-bond acceptors (Lipinski definition) is 6. The van der Waals surface area contributed by atoms with E-state index in [4.69, 9.17) is 0 Å². The molecule has 0 saturated carbocycles. The summed E-state index contributed by atoms with van der Waals surface area (Å²) in [5.41, 5.74) is 7.35. The van der Waals surface area contributed by atoms with Crippen LogP contribution in [0.2, 0.25) is 0 Å². The fourth-order valence-electron chi connectivity index (χ4n) is 1.38. The number of hydrazine groups is 1. The van der Waals surface area contributed by atoms with Gasteiger partial charge >= 0.3 is 0 Å². The second-order valence-corrected chi connectivity index (χ2v) is 3.54. The molecule has 2 aromatic rings. The SMILES string of the molecule is O=CCCNNc1nncc(-c2ccccc2)n1. The van der Waals surface area contributed by atoms with Crippen LogP contribution in [-0.2, 0) is 4.79 Å². The highest BCUT2D eigenvalue weighted by atomic mass is 16.1. The van der Waals surface area contributed by atoms with Crippen molar-refractivity contribution in [3.05, 3.63) is 36.5 Å². The van der Waals surface area contributed by atoms with Gasteiger partial charge in [0.2, 0.25) is 0 Å². The van der Waals surface area contributed by atoms with Gasteiger partial charge in [-0.1, -0.05) is 30.3 Å². The van der Waals surface area contributed by atoms with E-state index in [1.807, 2.05) is 30.3 Å². The lowest BCUT2D eigenvalue weighted by molar-refractivity contribution is -0.107. The number of aldehydes is 1. The lowest BCUT2D eigenvalue weighted by Gasteiger charge is -2.05. The Balaban J connectivity index is 2.04. The van der Waals surface area contributed by atoms with E-state index in [1.165, 1.54) is 0 Å². The van der Waals surface area contributed by atoms with Crippen LogP contribution < -0.4 is 10.9 Å². The third-order valence-corrected chi connectivity index (χ3v) is 2.22. The summed E-state index contributed by atoms with van der Waals surface area (Å²) in [6, 6.07) is 9.72. The smallest absolute Gasteiger partial charge is 0.257 e. The average Bonchev–Trinajstić information content (AvgIpc) is 2.45. The molecule has 0 saturated heterocycles. The summed E-state index contributed by atoms with van der Waals surface area (Å²) in [7, 11) is 0. The highest BCUT2D eigenvalue weighted by Gasteiger charge is 2.01. The fraction of sp³-hybridized carbons (Fsp3) is 0.167. The van der Waals surface area contributed by atoms with Crippen molar-refractivity contribution < 1.29 is 4.79 Å². The van der Waals surface area contributed by atoms with Gasteiger partial charge in [-0.2, -0.15) is 5.10 Å². The van der Waals surface area contributed by atoms with Gasteiger partial charge in [0, 0.05) is 18.5 Å². The van der Waals surface area contributed by atoms with E-state index >= 15 is 0 Å². The summed E-state index contributed by atoms with van der Waals surface area (Å²) >= 11 is 0. The summed E-state index contributed by atoms with van der Waals surface area (Å²) in [6.45, 7) is 0.516. The van der Waals surface area contributed by atoms with Crippen molar-refractivity contribution in [3.8, 4) is 11.3 Å². The first kappa shape index (κ1) is 12.1. The maximum Gasteiger partial charge on any atom is 0.257 e. The predicted molar refractivity (Wildman–Crippen MR) is 67.6 cm³/mol. The Bertz CT molecular complexity index is 503. The van der Waals surface area contributed by atoms with Gasteiger partial charge in [-0.15, -0.1) is 5.10 Å². The molecule has 0 radical (unpaired) electrons. The van der Waals surface area contributed by atoms with Crippen molar-refractivity contribution in [1.82, 2.24) is 20.6 Å². The molecule has 6 heteroatoms. The van der Waals surface area contributed by atoms with Crippen molar-refractivity contribution >= 4 is 12.2 Å². The van der Waals surface area contributed by atoms with Gasteiger partial charge in [-0.25, -0.2) is 10.4 Å². The molecule has 0 spiro atoms. The number of nitrogens with one attached hydrogen (secondary N) is 2. The molecule has 6 nitrogen and oxygen atoms in total. The zero-order valence-corrected chi connectivity index (χ0v) is 9.71. The van der Waals surface area contributed by atoms with E-state index in [-0.39, 0.29) is 0 Å². The number of benzene rings is 1. The molecule has 2 rings (SSSR count). The van der Waals surface area contributed by atoms with Crippen molar-refractivity contribution in [2.75, 3.05) is 12.0 Å². The van der Waals surface area contributed by atoms with E-state index in [9.17, 15) is 4.79 Å². The van der Waals surface area contributed by atoms with Crippen molar-refractivity contribution in [3.63, 3.8) is 0 Å². The maximum atomic E-state index is 10.1. The zero-order chi connectivity index (χ0) is 12.6. The molecule has 0 fully saturated rings. The topological polar surface area (TPSA) is 79.8 Å². The molecule has 0 aliphatic rings. The lowest BCUT2D eigenvalue weighted by Crippen LogP contribution is -2.24. The Morgan fingerprint density at radius 2 is 2.06 bits per heavy atom. The normalized spacial score (nSPS) is 10.0. The summed E-state index contributed by atoms with van der Waals surface area (Å²) in [5.74, 6) is 0.377. The Morgan fingerprint density at radius 3 is 2.83 bits per heavy atom. The lowest BCUT2D eigenvalue weighted by atomic mass is 10.2. The van der Waals surface area contributed by atoms with Gasteiger partial charge < -0.3 is 4.79 Å². The standard InChI is InChI=1S/C12H13N5O/c18-8-4-7-13-16-12-15-11(9-14-17-12)10-5-2-1-3-6-10/h1-3,5-6,8-9,13H,4,7H2,(H,15,16,17). The van der Waals surface area contributed by atoms with Crippen molar-refractivity contribution in [1.29, 1.82) is 0 Å². The molecule has 1 aromatic carbocycles. The summed E-state index contributed by atoms with van der Waals surface area (Å²) in [6.07, 6.45) is 2.87. The highest BCUT2D eigenvalue weighted by Crippen LogP contribution is 2.15. The van der Waals surface area contributed by atoms with E-state index in [0.29, 0.717) is 18.9 Å². The Hall–Kier alpha value is -2.34. The van der Waals surface area contributed by atoms with Gasteiger partial charge in [0.05, 0.1) is 11.9 Å². The van der Waals surface area contributed by atoms with Crippen LogP contribution in [0.25, 0.3) is 11.3 Å². The van der Waals surface area contributed by atoms with E-state index in [0.717, 1.165) is 17.5 Å². The second kappa shape index (κ2) is 6.41. The molecule has 1 heterocycles. The van der Waals surface area contributed by atoms with Gasteiger partial charge in [0.15, 0.2) is 0 Å². The van der Waals surface area contributed by atoms with Crippen LogP contribution in [0.15, 0.2) is 36.5 Å². The third kappa shape index (κ3) is 3.33. The molecule has 0 aliphatic carbocycles. The first-order valence-electron chi connectivity index (χ1n) is 5.58. The van der Waals surface area contributed by atoms with Gasteiger partial charge in [-0.05, 0) is 0 Å². The van der Waals surface area contributed by atoms with Crippen LogP contribution in [0.3, 0.4) is 0 Å². The number of anilines is 1. The quantitative estimate of drug-likeness (QED) is 0.448. The van der Waals surface area contributed by atoms with Gasteiger partial charge in [0.1, 0.15) is 6.29 Å². The van der Waals surface area contributed by atoms with Crippen LogP contribution in [0, 0.1) is 0 Å². The summed E-state index contributed by atoms with van der Waals surface area (Å²) < 4.78 is 0. The molecule has 0 amide bonds. The molecular formula is C12H13N5O. The Kier molecular flexibility index (Phi) is 4.32. The molecule has 0 unspecified atom stereocenters. The molecule has 0 atom stereocenters. The first-order chi connectivity index (χ1) is 8.90. The summed E-state index contributed by atoms with van der Waals surface area (Å²) in [4.78, 5) is 14.4. The molecule has 1 aromatic heterocycles. The number of aromatic nitrogens is 3. The van der Waals surface area contributed by atoms with Gasteiger partial charge in [-0.3, -0.25) is 5.43 Å². The van der Waals surface area contributed by atoms with Gasteiger partial charge in [0.25, 0.3) is 5.95 Å². The minimum absolute atomic E-state index is 0.377. The first-order valence-corrected chi connectivity index (χ1v) is 5.58. The van der Waals surface area contributed by atoms with Crippen LogP contribution in [0.1, 0.15) is 6.42 Å². The molecule has 2 N–H and O–H groups in total. The molecular weight excluding hydrogens is 230 g/mol. The number of nitrogens with zero attached hydrogens (tertiary/aromatic N) is 3. The van der Waals surface area contributed by atoms with Crippen molar-refractivity contribution in [2.24, 2.45) is 0 Å². The van der Waals surface area contributed by atoms with Crippen LogP contribution in [0.5, 0.6) is 0 Å². The van der Waals surface area contributed by atoms with Crippen molar-refractivity contribution in [2.45, 2.75) is 6.42 Å². The van der Waals surface area contributed by atoms with Crippen LogP contribution in [0.4, 0.5) is 5.95 Å². The predicted octanol–water partition coefficient (Wildman–Crippen LogP) is 1.04. The summed E-state index contributed by atoms with van der Waals surface area (Å²) in [5, 5.41) is 7.71. The van der Waals surface area contributed by atoms with Crippen LogP contribution >= 0.6 is 0 Å². The largest absolute Gasteiger partial charge is 0.303 e. The fourth-order valence-corrected chi connectivity index (χ4v) is 1.38.